The van der Waals surface area contributed by atoms with Gasteiger partial charge in [-0.2, -0.15) is 4.31 Å². The molecule has 0 bridgehead atoms. The highest BCUT2D eigenvalue weighted by Crippen LogP contribution is 2.27. The van der Waals surface area contributed by atoms with Gasteiger partial charge in [-0.25, -0.2) is 8.42 Å². The SMILES string of the molecule is CC(C(=O)O)S(=O)(=O)N1CCN(c2ccccc2O)CC1. The van der Waals surface area contributed by atoms with Crippen molar-refractivity contribution < 1.29 is 23.4 Å². The summed E-state index contributed by atoms with van der Waals surface area (Å²) in [7, 11) is -3.83. The molecule has 1 atom stereocenters. The van der Waals surface area contributed by atoms with E-state index in [9.17, 15) is 18.3 Å². The van der Waals surface area contributed by atoms with Gasteiger partial charge in [0.15, 0.2) is 5.25 Å². The lowest BCUT2D eigenvalue weighted by molar-refractivity contribution is -0.136. The van der Waals surface area contributed by atoms with Gasteiger partial charge in [0.2, 0.25) is 10.0 Å². The van der Waals surface area contributed by atoms with Crippen LogP contribution < -0.4 is 4.90 Å². The standard InChI is InChI=1S/C13H18N2O5S/c1-10(13(17)18)21(19,20)15-8-6-14(7-9-15)11-4-2-3-5-12(11)16/h2-5,10,16H,6-9H2,1H3,(H,17,18). The van der Waals surface area contributed by atoms with Crippen LogP contribution >= 0.6 is 0 Å². The predicted molar refractivity (Wildman–Crippen MR) is 77.9 cm³/mol. The van der Waals surface area contributed by atoms with E-state index in [2.05, 4.69) is 0 Å². The number of hydrogen-bond acceptors (Lipinski definition) is 5. The molecule has 8 heteroatoms. The molecule has 0 aromatic heterocycles. The van der Waals surface area contributed by atoms with Gasteiger partial charge in [0.1, 0.15) is 5.75 Å². The number of phenolic OH excluding ortho intramolecular Hbond substituents is 1. The van der Waals surface area contributed by atoms with Gasteiger partial charge in [-0.1, -0.05) is 12.1 Å². The van der Waals surface area contributed by atoms with Crippen molar-refractivity contribution in [1.82, 2.24) is 4.31 Å². The quantitative estimate of drug-likeness (QED) is 0.830. The van der Waals surface area contributed by atoms with E-state index in [0.717, 1.165) is 0 Å². The number of aromatic hydroxyl groups is 1. The number of sulfonamides is 1. The fourth-order valence-corrected chi connectivity index (χ4v) is 3.64. The van der Waals surface area contributed by atoms with Crippen molar-refractivity contribution in [3.05, 3.63) is 24.3 Å². The summed E-state index contributed by atoms with van der Waals surface area (Å²) in [4.78, 5) is 12.8. The first kappa shape index (κ1) is 15.6. The number of anilines is 1. The van der Waals surface area contributed by atoms with Gasteiger partial charge in [-0.15, -0.1) is 0 Å². The molecule has 0 saturated carbocycles. The van der Waals surface area contributed by atoms with Crippen LogP contribution in [-0.4, -0.2) is 60.3 Å². The van der Waals surface area contributed by atoms with E-state index in [4.69, 9.17) is 5.11 Å². The third kappa shape index (κ3) is 3.11. The number of nitrogens with zero attached hydrogens (tertiary/aromatic N) is 2. The molecule has 2 N–H and O–H groups in total. The van der Waals surface area contributed by atoms with Crippen molar-refractivity contribution in [3.63, 3.8) is 0 Å². The van der Waals surface area contributed by atoms with Crippen molar-refractivity contribution >= 4 is 21.7 Å². The van der Waals surface area contributed by atoms with Gasteiger partial charge in [0.25, 0.3) is 0 Å². The van der Waals surface area contributed by atoms with E-state index in [1.54, 1.807) is 24.3 Å². The van der Waals surface area contributed by atoms with Crippen molar-refractivity contribution in [2.75, 3.05) is 31.1 Å². The van der Waals surface area contributed by atoms with Gasteiger partial charge in [-0.3, -0.25) is 4.79 Å². The molecule has 7 nitrogen and oxygen atoms in total. The summed E-state index contributed by atoms with van der Waals surface area (Å²) >= 11 is 0. The first-order valence-electron chi connectivity index (χ1n) is 6.58. The Labute approximate surface area is 123 Å². The lowest BCUT2D eigenvalue weighted by Gasteiger charge is -2.36. The smallest absolute Gasteiger partial charge is 0.323 e. The van der Waals surface area contributed by atoms with Crippen LogP contribution in [0.25, 0.3) is 0 Å². The average molecular weight is 314 g/mol. The van der Waals surface area contributed by atoms with Gasteiger partial charge >= 0.3 is 5.97 Å². The molecule has 0 amide bonds. The second kappa shape index (κ2) is 5.90. The minimum atomic E-state index is -3.83. The molecular weight excluding hydrogens is 296 g/mol. The zero-order chi connectivity index (χ0) is 15.6. The molecule has 1 aromatic carbocycles. The van der Waals surface area contributed by atoms with Crippen LogP contribution in [0.3, 0.4) is 0 Å². The second-order valence-corrected chi connectivity index (χ2v) is 7.15. The van der Waals surface area contributed by atoms with Gasteiger partial charge in [0, 0.05) is 26.2 Å². The van der Waals surface area contributed by atoms with Crippen LogP contribution in [0.1, 0.15) is 6.92 Å². The molecule has 1 fully saturated rings. The molecule has 21 heavy (non-hydrogen) atoms. The molecule has 116 valence electrons. The van der Waals surface area contributed by atoms with E-state index in [1.807, 2.05) is 4.90 Å². The maximum Gasteiger partial charge on any atom is 0.323 e. The molecule has 2 rings (SSSR count). The van der Waals surface area contributed by atoms with Crippen molar-refractivity contribution in [1.29, 1.82) is 0 Å². The van der Waals surface area contributed by atoms with Crippen LogP contribution in [0.5, 0.6) is 5.75 Å². The number of rotatable bonds is 4. The topological polar surface area (TPSA) is 98.1 Å². The lowest BCUT2D eigenvalue weighted by atomic mass is 10.2. The molecular formula is C13H18N2O5S. The Hall–Kier alpha value is -1.80. The van der Waals surface area contributed by atoms with Crippen LogP contribution in [0.15, 0.2) is 24.3 Å². The van der Waals surface area contributed by atoms with E-state index in [1.165, 1.54) is 11.2 Å². The van der Waals surface area contributed by atoms with Crippen LogP contribution in [0, 0.1) is 0 Å². The molecule has 0 aliphatic carbocycles. The van der Waals surface area contributed by atoms with E-state index >= 15 is 0 Å². The summed E-state index contributed by atoms with van der Waals surface area (Å²) in [6.45, 7) is 2.39. The largest absolute Gasteiger partial charge is 0.506 e. The van der Waals surface area contributed by atoms with Crippen molar-refractivity contribution in [2.24, 2.45) is 0 Å². The minimum absolute atomic E-state index is 0.146. The van der Waals surface area contributed by atoms with Crippen LogP contribution in [0.2, 0.25) is 0 Å². The molecule has 0 spiro atoms. The third-order valence-electron chi connectivity index (χ3n) is 3.62. The van der Waals surface area contributed by atoms with Crippen molar-refractivity contribution in [3.8, 4) is 5.75 Å². The summed E-state index contributed by atoms with van der Waals surface area (Å²) in [5.74, 6) is -1.20. The summed E-state index contributed by atoms with van der Waals surface area (Å²) in [5.41, 5.74) is 0.654. The lowest BCUT2D eigenvalue weighted by Crippen LogP contribution is -2.51. The molecule has 1 aromatic rings. The summed E-state index contributed by atoms with van der Waals surface area (Å²) in [6.07, 6.45) is 0. The number of carbonyl (C=O) groups is 1. The highest BCUT2D eigenvalue weighted by Gasteiger charge is 2.35. The van der Waals surface area contributed by atoms with E-state index in [0.29, 0.717) is 18.8 Å². The molecule has 1 aliphatic heterocycles. The number of phenols is 1. The monoisotopic (exact) mass is 314 g/mol. The Morgan fingerprint density at radius 3 is 2.29 bits per heavy atom. The summed E-state index contributed by atoms with van der Waals surface area (Å²) in [6, 6.07) is 6.85. The Bertz CT molecular complexity index is 623. The van der Waals surface area contributed by atoms with Gasteiger partial charge in [-0.05, 0) is 19.1 Å². The summed E-state index contributed by atoms with van der Waals surface area (Å²) < 4.78 is 25.4. The normalized spacial score (nSPS) is 18.4. The number of para-hydroxylation sites is 2. The molecule has 1 unspecified atom stereocenters. The molecule has 1 aliphatic rings. The maximum absolute atomic E-state index is 12.1. The Balaban J connectivity index is 2.07. The maximum atomic E-state index is 12.1. The second-order valence-electron chi connectivity index (χ2n) is 4.90. The number of carboxylic acids is 1. The fraction of sp³-hybridized carbons (Fsp3) is 0.462. The van der Waals surface area contributed by atoms with Crippen LogP contribution in [-0.2, 0) is 14.8 Å². The van der Waals surface area contributed by atoms with Crippen LogP contribution in [0.4, 0.5) is 5.69 Å². The van der Waals surface area contributed by atoms with Crippen molar-refractivity contribution in [2.45, 2.75) is 12.2 Å². The minimum Gasteiger partial charge on any atom is -0.506 e. The number of aliphatic carboxylic acids is 1. The zero-order valence-electron chi connectivity index (χ0n) is 11.6. The van der Waals surface area contributed by atoms with Gasteiger partial charge in [0.05, 0.1) is 5.69 Å². The predicted octanol–water partition coefficient (Wildman–Crippen LogP) is 0.317. The number of carboxylic acid groups (broad SMARTS) is 1. The Morgan fingerprint density at radius 2 is 1.76 bits per heavy atom. The number of benzene rings is 1. The number of hydrogen-bond donors (Lipinski definition) is 2. The molecule has 0 radical (unpaired) electrons. The third-order valence-corrected chi connectivity index (χ3v) is 5.80. The Morgan fingerprint density at radius 1 is 1.19 bits per heavy atom. The Kier molecular flexibility index (Phi) is 4.38. The van der Waals surface area contributed by atoms with Gasteiger partial charge < -0.3 is 15.1 Å². The highest BCUT2D eigenvalue weighted by atomic mass is 32.2. The average Bonchev–Trinajstić information content (AvgIpc) is 2.47. The summed E-state index contributed by atoms with van der Waals surface area (Å²) in [5, 5.41) is 17.2. The molecule has 1 saturated heterocycles. The van der Waals surface area contributed by atoms with E-state index in [-0.39, 0.29) is 18.8 Å². The van der Waals surface area contributed by atoms with E-state index < -0.39 is 21.2 Å². The zero-order valence-corrected chi connectivity index (χ0v) is 12.5. The first-order valence-corrected chi connectivity index (χ1v) is 8.09. The number of piperazine rings is 1. The first-order chi connectivity index (χ1) is 9.84. The molecule has 1 heterocycles. The highest BCUT2D eigenvalue weighted by molar-refractivity contribution is 7.90. The fourth-order valence-electron chi connectivity index (χ4n) is 2.27.